The van der Waals surface area contributed by atoms with Gasteiger partial charge in [-0.25, -0.2) is 4.98 Å². The van der Waals surface area contributed by atoms with Crippen LogP contribution in [0.3, 0.4) is 0 Å². The van der Waals surface area contributed by atoms with Crippen molar-refractivity contribution in [2.24, 2.45) is 5.92 Å². The first-order chi connectivity index (χ1) is 11.2. The Bertz CT molecular complexity index is 543. The Balaban J connectivity index is 2.02. The highest BCUT2D eigenvalue weighted by Crippen LogP contribution is 2.32. The summed E-state index contributed by atoms with van der Waals surface area (Å²) in [5, 5.41) is 3.11. The van der Waals surface area contributed by atoms with E-state index >= 15 is 0 Å². The molecule has 0 bridgehead atoms. The summed E-state index contributed by atoms with van der Waals surface area (Å²) in [6.45, 7) is 8.88. The Hall–Kier alpha value is -1.05. The normalized spacial score (nSPS) is 18.8. The van der Waals surface area contributed by atoms with Gasteiger partial charge in [0.05, 0.1) is 10.6 Å². The Kier molecular flexibility index (Phi) is 6.33. The van der Waals surface area contributed by atoms with E-state index in [0.29, 0.717) is 18.3 Å². The third kappa shape index (κ3) is 4.97. The first-order valence-electron chi connectivity index (χ1n) is 8.07. The van der Waals surface area contributed by atoms with Crippen LogP contribution in [0.4, 0.5) is 19.0 Å². The number of piperazine rings is 1. The zero-order valence-corrected chi connectivity index (χ0v) is 15.0. The zero-order chi connectivity index (χ0) is 17.9. The number of pyridine rings is 1. The number of nitrogens with one attached hydrogen (secondary N) is 1. The second-order valence-corrected chi connectivity index (χ2v) is 6.99. The molecule has 24 heavy (non-hydrogen) atoms. The molecule has 1 aromatic rings. The molecule has 0 radical (unpaired) electrons. The molecule has 2 rings (SSSR count). The number of alkyl halides is 3. The van der Waals surface area contributed by atoms with Gasteiger partial charge in [-0.3, -0.25) is 4.90 Å². The number of halogens is 4. The summed E-state index contributed by atoms with van der Waals surface area (Å²) >= 11 is 5.96. The molecular weight excluding hydrogens is 341 g/mol. The second-order valence-electron chi connectivity index (χ2n) is 6.58. The van der Waals surface area contributed by atoms with Crippen LogP contribution in [0.1, 0.15) is 19.4 Å². The highest BCUT2D eigenvalue weighted by molar-refractivity contribution is 6.32. The van der Waals surface area contributed by atoms with Gasteiger partial charge in [0.1, 0.15) is 5.82 Å². The lowest BCUT2D eigenvalue weighted by atomic mass is 10.0. The van der Waals surface area contributed by atoms with E-state index in [2.05, 4.69) is 41.0 Å². The zero-order valence-electron chi connectivity index (χ0n) is 14.2. The van der Waals surface area contributed by atoms with Crippen molar-refractivity contribution in [2.45, 2.75) is 26.1 Å². The maximum atomic E-state index is 12.7. The topological polar surface area (TPSA) is 31.4 Å². The van der Waals surface area contributed by atoms with Gasteiger partial charge in [0.15, 0.2) is 0 Å². The van der Waals surface area contributed by atoms with Gasteiger partial charge < -0.3 is 10.2 Å². The molecule has 0 spiro atoms. The van der Waals surface area contributed by atoms with Gasteiger partial charge in [0.25, 0.3) is 0 Å². The van der Waals surface area contributed by atoms with Crippen molar-refractivity contribution in [3.05, 3.63) is 22.8 Å². The molecule has 0 amide bonds. The summed E-state index contributed by atoms with van der Waals surface area (Å²) in [6.07, 6.45) is -3.62. The average Bonchev–Trinajstić information content (AvgIpc) is 2.49. The Labute approximate surface area is 146 Å². The molecule has 0 aliphatic carbocycles. The van der Waals surface area contributed by atoms with E-state index in [1.165, 1.54) is 0 Å². The molecule has 1 aliphatic rings. The predicted molar refractivity (Wildman–Crippen MR) is 90.4 cm³/mol. The van der Waals surface area contributed by atoms with Gasteiger partial charge in [-0.1, -0.05) is 25.4 Å². The summed E-state index contributed by atoms with van der Waals surface area (Å²) in [5.74, 6) is 0.707. The van der Waals surface area contributed by atoms with Crippen molar-refractivity contribution in [1.29, 1.82) is 0 Å². The SMILES string of the molecule is CC(C)[C@@H](CNc1ncc(C(F)(F)F)cc1Cl)N1CCN(C)CC1. The lowest BCUT2D eigenvalue weighted by Crippen LogP contribution is -2.52. The molecule has 8 heteroatoms. The molecule has 1 atom stereocenters. The summed E-state index contributed by atoms with van der Waals surface area (Å²) in [5.41, 5.74) is -0.836. The maximum Gasteiger partial charge on any atom is 0.417 e. The highest BCUT2D eigenvalue weighted by atomic mass is 35.5. The molecule has 1 aromatic heterocycles. The van der Waals surface area contributed by atoms with Gasteiger partial charge in [-0.2, -0.15) is 13.2 Å². The van der Waals surface area contributed by atoms with Crippen LogP contribution in [-0.4, -0.2) is 60.6 Å². The van der Waals surface area contributed by atoms with E-state index in [1.54, 1.807) is 0 Å². The standard InChI is InChI=1S/C16H24ClF3N4/c1-11(2)14(24-6-4-23(3)5-7-24)10-22-15-13(17)8-12(9-21-15)16(18,19)20/h8-9,11,14H,4-7,10H2,1-3H3,(H,21,22)/t14-/m1/s1. The fourth-order valence-electron chi connectivity index (χ4n) is 2.86. The van der Waals surface area contributed by atoms with Gasteiger partial charge in [0.2, 0.25) is 0 Å². The van der Waals surface area contributed by atoms with Crippen molar-refractivity contribution in [2.75, 3.05) is 45.1 Å². The molecule has 0 saturated carbocycles. The van der Waals surface area contributed by atoms with Crippen LogP contribution in [0, 0.1) is 5.92 Å². The first-order valence-corrected chi connectivity index (χ1v) is 8.45. The van der Waals surface area contributed by atoms with E-state index in [1.807, 2.05) is 0 Å². The lowest BCUT2D eigenvalue weighted by Gasteiger charge is -2.40. The van der Waals surface area contributed by atoms with E-state index in [4.69, 9.17) is 11.6 Å². The van der Waals surface area contributed by atoms with Crippen LogP contribution in [0.5, 0.6) is 0 Å². The minimum absolute atomic E-state index is 0.00860. The molecule has 1 N–H and O–H groups in total. The van der Waals surface area contributed by atoms with Gasteiger partial charge in [-0.15, -0.1) is 0 Å². The fourth-order valence-corrected chi connectivity index (χ4v) is 3.10. The third-order valence-electron chi connectivity index (χ3n) is 4.42. The van der Waals surface area contributed by atoms with Crippen molar-refractivity contribution < 1.29 is 13.2 Å². The van der Waals surface area contributed by atoms with Crippen molar-refractivity contribution in [3.63, 3.8) is 0 Å². The maximum absolute atomic E-state index is 12.7. The molecule has 136 valence electrons. The van der Waals surface area contributed by atoms with Crippen LogP contribution >= 0.6 is 11.6 Å². The molecule has 4 nitrogen and oxygen atoms in total. The van der Waals surface area contributed by atoms with E-state index in [0.717, 1.165) is 38.4 Å². The number of likely N-dealkylation sites (N-methyl/N-ethyl adjacent to an activating group) is 1. The molecule has 0 aromatic carbocycles. The number of hydrogen-bond acceptors (Lipinski definition) is 4. The van der Waals surface area contributed by atoms with Crippen LogP contribution in [-0.2, 0) is 6.18 Å². The molecule has 2 heterocycles. The van der Waals surface area contributed by atoms with Gasteiger partial charge in [0, 0.05) is 45.0 Å². The number of nitrogens with zero attached hydrogens (tertiary/aromatic N) is 3. The van der Waals surface area contributed by atoms with E-state index in [9.17, 15) is 13.2 Å². The highest BCUT2D eigenvalue weighted by Gasteiger charge is 2.32. The molecule has 1 aliphatic heterocycles. The van der Waals surface area contributed by atoms with Crippen molar-refractivity contribution >= 4 is 17.4 Å². The molecule has 1 saturated heterocycles. The third-order valence-corrected chi connectivity index (χ3v) is 4.71. The number of rotatable bonds is 5. The number of aromatic nitrogens is 1. The smallest absolute Gasteiger partial charge is 0.367 e. The van der Waals surface area contributed by atoms with Crippen molar-refractivity contribution in [3.8, 4) is 0 Å². The largest absolute Gasteiger partial charge is 0.417 e. The summed E-state index contributed by atoms with van der Waals surface area (Å²) in [6, 6.07) is 1.19. The summed E-state index contributed by atoms with van der Waals surface area (Å²) in [7, 11) is 2.10. The van der Waals surface area contributed by atoms with Crippen LogP contribution in [0.15, 0.2) is 12.3 Å². The second kappa shape index (κ2) is 7.89. The average molecular weight is 365 g/mol. The number of hydrogen-bond donors (Lipinski definition) is 1. The van der Waals surface area contributed by atoms with E-state index < -0.39 is 11.7 Å². The fraction of sp³-hybridized carbons (Fsp3) is 0.688. The van der Waals surface area contributed by atoms with E-state index in [-0.39, 0.29) is 11.1 Å². The molecule has 1 fully saturated rings. The quantitative estimate of drug-likeness (QED) is 0.867. The van der Waals surface area contributed by atoms with Crippen LogP contribution in [0.25, 0.3) is 0 Å². The first kappa shape index (κ1) is 19.3. The van der Waals surface area contributed by atoms with Gasteiger partial charge in [-0.05, 0) is 19.0 Å². The summed E-state index contributed by atoms with van der Waals surface area (Å²) in [4.78, 5) is 8.54. The molecule has 0 unspecified atom stereocenters. The van der Waals surface area contributed by atoms with Gasteiger partial charge >= 0.3 is 6.18 Å². The van der Waals surface area contributed by atoms with Crippen LogP contribution in [0.2, 0.25) is 5.02 Å². The minimum Gasteiger partial charge on any atom is -0.367 e. The van der Waals surface area contributed by atoms with Crippen molar-refractivity contribution in [1.82, 2.24) is 14.8 Å². The Morgan fingerprint density at radius 2 is 1.88 bits per heavy atom. The molecular formula is C16H24ClF3N4. The summed E-state index contributed by atoms with van der Waals surface area (Å²) < 4.78 is 38.0. The van der Waals surface area contributed by atoms with Crippen LogP contribution < -0.4 is 5.32 Å². The minimum atomic E-state index is -4.44. The predicted octanol–water partition coefficient (Wildman–Crippen LogP) is 3.44. The monoisotopic (exact) mass is 364 g/mol. The number of anilines is 1. The lowest BCUT2D eigenvalue weighted by molar-refractivity contribution is -0.137. The Morgan fingerprint density at radius 1 is 1.25 bits per heavy atom. The Morgan fingerprint density at radius 3 is 2.38 bits per heavy atom.